The Hall–Kier alpha value is -2.55. The molecule has 2 aliphatic rings. The summed E-state index contributed by atoms with van der Waals surface area (Å²) < 4.78 is 11.3. The largest absolute Gasteiger partial charge is 0.489 e. The summed E-state index contributed by atoms with van der Waals surface area (Å²) in [5.41, 5.74) is 3.66. The molecular weight excluding hydrogens is 336 g/mol. The third kappa shape index (κ3) is 3.78. The molecule has 0 heterocycles. The molecule has 0 saturated heterocycles. The zero-order chi connectivity index (χ0) is 18.6. The van der Waals surface area contributed by atoms with E-state index in [2.05, 4.69) is 30.3 Å². The number of hydrogen-bond acceptors (Lipinski definition) is 3. The van der Waals surface area contributed by atoms with Crippen molar-refractivity contribution >= 4 is 11.5 Å². The van der Waals surface area contributed by atoms with Crippen molar-refractivity contribution in [2.45, 2.75) is 32.8 Å². The summed E-state index contributed by atoms with van der Waals surface area (Å²) in [6, 6.07) is 18.4. The normalized spacial score (nSPS) is 23.1. The van der Waals surface area contributed by atoms with Crippen LogP contribution in [0.4, 0.5) is 0 Å². The van der Waals surface area contributed by atoms with Crippen LogP contribution < -0.4 is 4.74 Å². The van der Waals surface area contributed by atoms with Gasteiger partial charge in [0, 0.05) is 0 Å². The Morgan fingerprint density at radius 2 is 1.81 bits per heavy atom. The number of benzene rings is 2. The van der Waals surface area contributed by atoms with Gasteiger partial charge in [-0.05, 0) is 59.9 Å². The Balaban J connectivity index is 1.41. The van der Waals surface area contributed by atoms with Crippen molar-refractivity contribution in [3.05, 3.63) is 71.8 Å². The zero-order valence-corrected chi connectivity index (χ0v) is 15.8. The van der Waals surface area contributed by atoms with Gasteiger partial charge in [-0.25, -0.2) is 0 Å². The molecule has 1 fully saturated rings. The van der Waals surface area contributed by atoms with E-state index in [-0.39, 0.29) is 11.9 Å². The highest BCUT2D eigenvalue weighted by atomic mass is 16.5. The molecule has 2 aromatic carbocycles. The second kappa shape index (κ2) is 7.99. The lowest BCUT2D eigenvalue weighted by Crippen LogP contribution is -2.23. The first-order valence-electron chi connectivity index (χ1n) is 9.91. The Labute approximate surface area is 161 Å². The number of rotatable bonds is 7. The summed E-state index contributed by atoms with van der Waals surface area (Å²) in [6.07, 6.45) is 5.34. The van der Waals surface area contributed by atoms with E-state index < -0.39 is 0 Å². The van der Waals surface area contributed by atoms with Crippen LogP contribution in [0.25, 0.3) is 5.57 Å². The topological polar surface area (TPSA) is 35.5 Å². The van der Waals surface area contributed by atoms with Crippen LogP contribution in [0.3, 0.4) is 0 Å². The van der Waals surface area contributed by atoms with Gasteiger partial charge < -0.3 is 9.47 Å². The standard InChI is InChI=1S/C24H26O3/c1-2-14-26-24(25)23-19-10-13-21(23)22(15-19)18-8-11-20(12-9-18)27-16-17-6-4-3-5-7-17/h3-9,11-12,15,19,21,23H,2,10,13-14,16H2,1H3. The molecule has 2 aromatic rings. The van der Waals surface area contributed by atoms with Gasteiger partial charge in [0.25, 0.3) is 0 Å². The van der Waals surface area contributed by atoms with Crippen molar-refractivity contribution in [2.75, 3.05) is 6.61 Å². The van der Waals surface area contributed by atoms with Crippen LogP contribution in [0.1, 0.15) is 37.3 Å². The maximum atomic E-state index is 12.4. The smallest absolute Gasteiger partial charge is 0.310 e. The lowest BCUT2D eigenvalue weighted by atomic mass is 9.89. The molecule has 27 heavy (non-hydrogen) atoms. The van der Waals surface area contributed by atoms with Crippen LogP contribution in [-0.2, 0) is 16.1 Å². The molecule has 3 nitrogen and oxygen atoms in total. The number of carbonyl (C=O) groups is 1. The molecule has 3 atom stereocenters. The van der Waals surface area contributed by atoms with Gasteiger partial charge in [-0.15, -0.1) is 0 Å². The first kappa shape index (κ1) is 17.8. The summed E-state index contributed by atoms with van der Waals surface area (Å²) in [5.74, 6) is 1.50. The molecule has 0 aliphatic heterocycles. The van der Waals surface area contributed by atoms with Gasteiger partial charge >= 0.3 is 5.97 Å². The van der Waals surface area contributed by atoms with E-state index in [0.29, 0.717) is 25.0 Å². The molecule has 0 aromatic heterocycles. The molecule has 140 valence electrons. The molecule has 0 N–H and O–H groups in total. The van der Waals surface area contributed by atoms with Gasteiger partial charge in [-0.2, -0.15) is 0 Å². The highest BCUT2D eigenvalue weighted by Crippen LogP contribution is 2.52. The van der Waals surface area contributed by atoms with Gasteiger partial charge in [0.15, 0.2) is 0 Å². The number of carbonyl (C=O) groups excluding carboxylic acids is 1. The average molecular weight is 362 g/mol. The van der Waals surface area contributed by atoms with Gasteiger partial charge in [0.2, 0.25) is 0 Å². The average Bonchev–Trinajstić information content (AvgIpc) is 3.30. The van der Waals surface area contributed by atoms with Gasteiger partial charge in [0.1, 0.15) is 12.4 Å². The first-order chi connectivity index (χ1) is 13.3. The predicted octanol–water partition coefficient (Wildman–Crippen LogP) is 5.26. The second-order valence-corrected chi connectivity index (χ2v) is 7.46. The fourth-order valence-electron chi connectivity index (χ4n) is 4.35. The van der Waals surface area contributed by atoms with Crippen molar-refractivity contribution in [1.82, 2.24) is 0 Å². The third-order valence-corrected chi connectivity index (χ3v) is 5.66. The summed E-state index contributed by atoms with van der Waals surface area (Å²) in [4.78, 5) is 12.4. The highest BCUT2D eigenvalue weighted by molar-refractivity contribution is 5.83. The van der Waals surface area contributed by atoms with E-state index in [4.69, 9.17) is 9.47 Å². The molecule has 3 heteroatoms. The molecule has 0 amide bonds. The Kier molecular flexibility index (Phi) is 5.28. The molecule has 3 unspecified atom stereocenters. The zero-order valence-electron chi connectivity index (χ0n) is 15.8. The number of hydrogen-bond donors (Lipinski definition) is 0. The monoisotopic (exact) mass is 362 g/mol. The van der Waals surface area contributed by atoms with Crippen LogP contribution in [-0.4, -0.2) is 12.6 Å². The number of esters is 1. The van der Waals surface area contributed by atoms with Crippen LogP contribution >= 0.6 is 0 Å². The predicted molar refractivity (Wildman–Crippen MR) is 106 cm³/mol. The summed E-state index contributed by atoms with van der Waals surface area (Å²) in [7, 11) is 0. The fraction of sp³-hybridized carbons (Fsp3) is 0.375. The lowest BCUT2D eigenvalue weighted by molar-refractivity contribution is -0.149. The molecule has 1 saturated carbocycles. The van der Waals surface area contributed by atoms with Crippen LogP contribution in [0.5, 0.6) is 5.75 Å². The maximum Gasteiger partial charge on any atom is 0.310 e. The van der Waals surface area contributed by atoms with E-state index in [9.17, 15) is 4.79 Å². The van der Waals surface area contributed by atoms with Crippen LogP contribution in [0, 0.1) is 17.8 Å². The number of ether oxygens (including phenoxy) is 2. The van der Waals surface area contributed by atoms with E-state index >= 15 is 0 Å². The molecule has 2 aliphatic carbocycles. The van der Waals surface area contributed by atoms with Gasteiger partial charge in [-0.1, -0.05) is 55.5 Å². The number of fused-ring (bicyclic) bond motifs is 2. The second-order valence-electron chi connectivity index (χ2n) is 7.46. The van der Waals surface area contributed by atoms with E-state index in [1.807, 2.05) is 37.3 Å². The molecule has 0 radical (unpaired) electrons. The highest BCUT2D eigenvalue weighted by Gasteiger charge is 2.47. The SMILES string of the molecule is CCCOC(=O)C1C2C=C(c3ccc(OCc4ccccc4)cc3)C1CC2. The van der Waals surface area contributed by atoms with E-state index in [0.717, 1.165) is 30.6 Å². The lowest BCUT2D eigenvalue weighted by Gasteiger charge is -2.18. The fourth-order valence-corrected chi connectivity index (χ4v) is 4.35. The number of allylic oxidation sites excluding steroid dienone is 2. The van der Waals surface area contributed by atoms with Crippen molar-refractivity contribution in [1.29, 1.82) is 0 Å². The third-order valence-electron chi connectivity index (χ3n) is 5.66. The van der Waals surface area contributed by atoms with Crippen molar-refractivity contribution in [2.24, 2.45) is 17.8 Å². The minimum Gasteiger partial charge on any atom is -0.489 e. The Morgan fingerprint density at radius 1 is 1.04 bits per heavy atom. The Bertz CT molecular complexity index is 807. The minimum absolute atomic E-state index is 0.0144. The van der Waals surface area contributed by atoms with E-state index in [1.165, 1.54) is 11.1 Å². The quantitative estimate of drug-likeness (QED) is 0.630. The molecule has 4 rings (SSSR count). The molecular formula is C24H26O3. The summed E-state index contributed by atoms with van der Waals surface area (Å²) in [5, 5.41) is 0. The molecule has 0 spiro atoms. The maximum absolute atomic E-state index is 12.4. The van der Waals surface area contributed by atoms with Crippen molar-refractivity contribution in [3.63, 3.8) is 0 Å². The first-order valence-corrected chi connectivity index (χ1v) is 9.91. The van der Waals surface area contributed by atoms with Crippen LogP contribution in [0.2, 0.25) is 0 Å². The minimum atomic E-state index is -0.0154. The van der Waals surface area contributed by atoms with Crippen molar-refractivity contribution in [3.8, 4) is 5.75 Å². The van der Waals surface area contributed by atoms with Gasteiger partial charge in [0.05, 0.1) is 12.5 Å². The van der Waals surface area contributed by atoms with Crippen LogP contribution in [0.15, 0.2) is 60.7 Å². The summed E-state index contributed by atoms with van der Waals surface area (Å²) >= 11 is 0. The van der Waals surface area contributed by atoms with E-state index in [1.54, 1.807) is 0 Å². The molecule has 2 bridgehead atoms. The summed E-state index contributed by atoms with van der Waals surface area (Å²) in [6.45, 7) is 3.12. The van der Waals surface area contributed by atoms with Gasteiger partial charge in [-0.3, -0.25) is 4.79 Å². The Morgan fingerprint density at radius 3 is 2.56 bits per heavy atom. The van der Waals surface area contributed by atoms with Crippen molar-refractivity contribution < 1.29 is 14.3 Å².